The molecule has 11 heteroatoms. The van der Waals surface area contributed by atoms with Crippen molar-refractivity contribution in [2.45, 2.75) is 57.7 Å². The van der Waals surface area contributed by atoms with Gasteiger partial charge in [0.2, 0.25) is 11.9 Å². The van der Waals surface area contributed by atoms with Gasteiger partial charge in [-0.25, -0.2) is 9.37 Å². The summed E-state index contributed by atoms with van der Waals surface area (Å²) in [6.45, 7) is 12.3. The number of carbonyl (C=O) groups is 1. The van der Waals surface area contributed by atoms with Crippen LogP contribution >= 0.6 is 11.6 Å². The van der Waals surface area contributed by atoms with Crippen molar-refractivity contribution in [2.75, 3.05) is 50.1 Å². The molecule has 0 radical (unpaired) electrons. The summed E-state index contributed by atoms with van der Waals surface area (Å²) in [6.07, 6.45) is 3.52. The highest BCUT2D eigenvalue weighted by Crippen LogP contribution is 2.48. The summed E-state index contributed by atoms with van der Waals surface area (Å²) < 4.78 is 19.2. The van der Waals surface area contributed by atoms with Crippen molar-refractivity contribution in [1.82, 2.24) is 29.5 Å². The van der Waals surface area contributed by atoms with E-state index in [2.05, 4.69) is 48.4 Å². The van der Waals surface area contributed by atoms with E-state index in [1.54, 1.807) is 0 Å². The monoisotopic (exact) mass is 630 g/mol. The van der Waals surface area contributed by atoms with Gasteiger partial charge in [-0.3, -0.25) is 9.48 Å². The predicted molar refractivity (Wildman–Crippen MR) is 179 cm³/mol. The van der Waals surface area contributed by atoms with Crippen LogP contribution in [0.2, 0.25) is 5.02 Å². The number of halogens is 2. The first-order valence-electron chi connectivity index (χ1n) is 15.8. The minimum absolute atomic E-state index is 0.0732. The van der Waals surface area contributed by atoms with Crippen molar-refractivity contribution in [3.63, 3.8) is 0 Å². The number of carbonyl (C=O) groups excluding carboxylic acids is 1. The smallest absolute Gasteiger partial charge is 0.246 e. The Kier molecular flexibility index (Phi) is 7.28. The lowest BCUT2D eigenvalue weighted by Gasteiger charge is -2.45. The predicted octanol–water partition coefficient (Wildman–Crippen LogP) is 5.52. The van der Waals surface area contributed by atoms with E-state index in [9.17, 15) is 4.79 Å². The van der Waals surface area contributed by atoms with Gasteiger partial charge in [-0.1, -0.05) is 24.2 Å². The van der Waals surface area contributed by atoms with Crippen molar-refractivity contribution in [2.24, 2.45) is 7.05 Å². The zero-order valence-electron chi connectivity index (χ0n) is 26.8. The number of piperazine rings is 1. The number of amides is 1. The van der Waals surface area contributed by atoms with Gasteiger partial charge in [0, 0.05) is 79.2 Å². The van der Waals surface area contributed by atoms with Gasteiger partial charge >= 0.3 is 0 Å². The van der Waals surface area contributed by atoms with Crippen molar-refractivity contribution in [3.05, 3.63) is 53.0 Å². The third-order valence-corrected chi connectivity index (χ3v) is 10.2. The van der Waals surface area contributed by atoms with Crippen LogP contribution in [0.1, 0.15) is 43.9 Å². The standard InChI is InChI=1S/C34H40ClFN8O/c1-8-26(45)43-14-20(4)44(15-19(43)3)33-23-13-24(35)28(30(36)32(23)37-34(38-33)42-16-22(17-42)40(5)6)27-18(2)9-12-25-29(27)31(21-10-11-21)39-41(25)7/h8-9,12-13,19-22H,1,10-11,14-17H2,2-7H3/t19-,20-/m1/s1. The lowest BCUT2D eigenvalue weighted by atomic mass is 9.93. The Hall–Kier alpha value is -3.76. The summed E-state index contributed by atoms with van der Waals surface area (Å²) in [5.41, 5.74) is 4.30. The number of aromatic nitrogens is 4. The van der Waals surface area contributed by atoms with E-state index in [1.807, 2.05) is 42.6 Å². The fourth-order valence-electron chi connectivity index (χ4n) is 7.00. The van der Waals surface area contributed by atoms with Crippen LogP contribution in [0, 0.1) is 12.7 Å². The molecule has 1 aliphatic carbocycles. The molecule has 236 valence electrons. The molecule has 2 aliphatic heterocycles. The number of likely N-dealkylation sites (N-methyl/N-ethyl adjacent to an activating group) is 1. The normalized spacial score (nSPS) is 20.9. The van der Waals surface area contributed by atoms with E-state index in [0.717, 1.165) is 53.7 Å². The Morgan fingerprint density at radius 1 is 1.09 bits per heavy atom. The third-order valence-electron chi connectivity index (χ3n) is 9.91. The molecule has 2 aromatic heterocycles. The number of rotatable bonds is 6. The van der Waals surface area contributed by atoms with E-state index in [1.165, 1.54) is 6.08 Å². The maximum Gasteiger partial charge on any atom is 0.246 e. The molecule has 0 N–H and O–H groups in total. The largest absolute Gasteiger partial charge is 0.349 e. The molecule has 0 bridgehead atoms. The van der Waals surface area contributed by atoms with E-state index in [0.29, 0.717) is 52.8 Å². The van der Waals surface area contributed by atoms with Crippen LogP contribution in [-0.2, 0) is 11.8 Å². The molecule has 2 saturated heterocycles. The molecule has 1 saturated carbocycles. The molecular weight excluding hydrogens is 591 g/mol. The van der Waals surface area contributed by atoms with Crippen LogP contribution < -0.4 is 9.80 Å². The second-order valence-electron chi connectivity index (χ2n) is 13.3. The molecule has 0 spiro atoms. The number of hydrogen-bond acceptors (Lipinski definition) is 7. The summed E-state index contributed by atoms with van der Waals surface area (Å²) in [4.78, 5) is 30.8. The molecular formula is C34H40ClFN8O. The van der Waals surface area contributed by atoms with Gasteiger partial charge in [0.15, 0.2) is 5.82 Å². The maximum absolute atomic E-state index is 17.3. The summed E-state index contributed by atoms with van der Waals surface area (Å²) in [5.74, 6) is 0.970. The van der Waals surface area contributed by atoms with E-state index in [4.69, 9.17) is 26.7 Å². The van der Waals surface area contributed by atoms with E-state index < -0.39 is 5.82 Å². The van der Waals surface area contributed by atoms with Crippen LogP contribution in [0.15, 0.2) is 30.9 Å². The van der Waals surface area contributed by atoms with E-state index in [-0.39, 0.29) is 23.5 Å². The van der Waals surface area contributed by atoms with Gasteiger partial charge in [-0.2, -0.15) is 10.1 Å². The molecule has 3 aliphatic rings. The van der Waals surface area contributed by atoms with Crippen molar-refractivity contribution in [1.29, 1.82) is 0 Å². The Morgan fingerprint density at radius 3 is 2.49 bits per heavy atom. The number of hydrogen-bond donors (Lipinski definition) is 0. The molecule has 7 rings (SSSR count). The van der Waals surface area contributed by atoms with E-state index >= 15 is 4.39 Å². The van der Waals surface area contributed by atoms with Crippen LogP contribution in [0.3, 0.4) is 0 Å². The number of benzene rings is 2. The van der Waals surface area contributed by atoms with Crippen molar-refractivity contribution in [3.8, 4) is 11.1 Å². The zero-order chi connectivity index (χ0) is 31.9. The first kappa shape index (κ1) is 29.9. The SMILES string of the molecule is C=CC(=O)N1C[C@@H](C)N(c2nc(N3CC(N(C)C)C3)nc3c(F)c(-c4c(C)ccc5c4c(C4CC4)nn5C)c(Cl)cc23)C[C@H]1C. The molecule has 4 aromatic rings. The minimum Gasteiger partial charge on any atom is -0.349 e. The Labute approximate surface area is 268 Å². The Balaban J connectivity index is 1.43. The Bertz CT molecular complexity index is 1860. The lowest BCUT2D eigenvalue weighted by Crippen LogP contribution is -2.59. The first-order chi connectivity index (χ1) is 21.5. The fraction of sp³-hybridized carbons (Fsp3) is 0.471. The Morgan fingerprint density at radius 2 is 1.82 bits per heavy atom. The molecule has 3 fully saturated rings. The first-order valence-corrected chi connectivity index (χ1v) is 16.1. The number of fused-ring (bicyclic) bond motifs is 2. The van der Waals surface area contributed by atoms with Crippen molar-refractivity contribution >= 4 is 51.1 Å². The number of nitrogens with zero attached hydrogens (tertiary/aromatic N) is 8. The minimum atomic E-state index is -0.450. The second-order valence-corrected chi connectivity index (χ2v) is 13.7. The fourth-order valence-corrected chi connectivity index (χ4v) is 7.29. The summed E-state index contributed by atoms with van der Waals surface area (Å²) in [6, 6.07) is 6.11. The van der Waals surface area contributed by atoms with Crippen LogP contribution in [0.5, 0.6) is 0 Å². The lowest BCUT2D eigenvalue weighted by molar-refractivity contribution is -0.128. The topological polar surface area (TPSA) is 73.6 Å². The molecule has 2 atom stereocenters. The molecule has 0 unspecified atom stereocenters. The van der Waals surface area contributed by atoms with Gasteiger partial charge < -0.3 is 19.6 Å². The van der Waals surface area contributed by atoms with Gasteiger partial charge in [0.1, 0.15) is 11.3 Å². The molecule has 1 amide bonds. The van der Waals surface area contributed by atoms with Crippen LogP contribution in [-0.4, -0.2) is 93.9 Å². The van der Waals surface area contributed by atoms with Crippen LogP contribution in [0.4, 0.5) is 16.2 Å². The summed E-state index contributed by atoms with van der Waals surface area (Å²) >= 11 is 7.10. The molecule has 4 heterocycles. The summed E-state index contributed by atoms with van der Waals surface area (Å²) in [5, 5.41) is 6.72. The highest BCUT2D eigenvalue weighted by Gasteiger charge is 2.37. The average molecular weight is 631 g/mol. The highest BCUT2D eigenvalue weighted by molar-refractivity contribution is 6.35. The van der Waals surface area contributed by atoms with Gasteiger partial charge in [0.25, 0.3) is 0 Å². The number of aryl methyl sites for hydroxylation is 2. The van der Waals surface area contributed by atoms with Crippen LogP contribution in [0.25, 0.3) is 32.9 Å². The zero-order valence-corrected chi connectivity index (χ0v) is 27.6. The van der Waals surface area contributed by atoms with Crippen molar-refractivity contribution < 1.29 is 9.18 Å². The van der Waals surface area contributed by atoms with Gasteiger partial charge in [0.05, 0.1) is 16.2 Å². The highest BCUT2D eigenvalue weighted by atomic mass is 35.5. The molecule has 2 aromatic carbocycles. The number of anilines is 2. The van der Waals surface area contributed by atoms with Gasteiger partial charge in [-0.05, 0) is 71.5 Å². The second kappa shape index (κ2) is 10.9. The maximum atomic E-state index is 17.3. The molecule has 45 heavy (non-hydrogen) atoms. The quantitative estimate of drug-likeness (QED) is 0.260. The molecule has 9 nitrogen and oxygen atoms in total. The van der Waals surface area contributed by atoms with Gasteiger partial charge in [-0.15, -0.1) is 0 Å². The average Bonchev–Trinajstić information content (AvgIpc) is 3.76. The summed E-state index contributed by atoms with van der Waals surface area (Å²) in [7, 11) is 6.07. The third kappa shape index (κ3) is 4.84.